The predicted octanol–water partition coefficient (Wildman–Crippen LogP) is 1.29. The number of nitrogens with one attached hydrogen (secondary N) is 4. The summed E-state index contributed by atoms with van der Waals surface area (Å²) in [4.78, 5) is 24.2. The van der Waals surface area contributed by atoms with Crippen molar-refractivity contribution in [3.05, 3.63) is 88.3 Å². The van der Waals surface area contributed by atoms with Crippen molar-refractivity contribution in [3.8, 4) is 11.1 Å². The summed E-state index contributed by atoms with van der Waals surface area (Å²) in [5, 5.41) is 53.1. The first-order chi connectivity index (χ1) is 17.8. The van der Waals surface area contributed by atoms with Gasteiger partial charge >= 0.3 is 12.1 Å². The molecule has 0 aliphatic heterocycles. The fourth-order valence-electron chi connectivity index (χ4n) is 4.40. The monoisotopic (exact) mass is 510 g/mol. The molecule has 12 heteroatoms. The molecule has 0 radical (unpaired) electrons. The van der Waals surface area contributed by atoms with Crippen LogP contribution in [0.3, 0.4) is 0 Å². The quantitative estimate of drug-likeness (QED) is 0.198. The Hall–Kier alpha value is -4.04. The minimum absolute atomic E-state index is 0.00663. The molecule has 0 saturated heterocycles. The molecule has 0 saturated carbocycles. The Kier molecular flexibility index (Phi) is 7.98. The zero-order valence-electron chi connectivity index (χ0n) is 19.5. The van der Waals surface area contributed by atoms with Gasteiger partial charge in [-0.15, -0.1) is 0 Å². The molecule has 0 aromatic heterocycles. The summed E-state index contributed by atoms with van der Waals surface area (Å²) in [5.74, 6) is -1.46. The average Bonchev–Trinajstić information content (AvgIpc) is 3.20. The van der Waals surface area contributed by atoms with E-state index in [1.54, 1.807) is 0 Å². The average molecular weight is 511 g/mol. The number of carbonyl (C=O) groups excluding carboxylic acids is 1. The van der Waals surface area contributed by atoms with Gasteiger partial charge in [-0.2, -0.15) is 10.5 Å². The maximum Gasteiger partial charge on any atom is 0.407 e. The van der Waals surface area contributed by atoms with Crippen molar-refractivity contribution in [2.45, 2.75) is 18.4 Å². The lowest BCUT2D eigenvalue weighted by Crippen LogP contribution is -3.00. The SMILES string of the molecule is O=C(N[C@H](CCNc1ccc([NH+]([O-])O)cc1[NH+]([O-])O)C(=O)O)OCC1c2ccccc2-c2ccccc21. The normalized spacial score (nSPS) is 14.7. The van der Waals surface area contributed by atoms with Crippen LogP contribution in [0.2, 0.25) is 0 Å². The number of aliphatic carboxylic acids is 1. The number of anilines is 1. The molecular formula is C25H26N4O8. The molecule has 0 heterocycles. The Labute approximate surface area is 211 Å². The van der Waals surface area contributed by atoms with E-state index in [1.807, 2.05) is 48.5 Å². The smallest absolute Gasteiger partial charge is 0.407 e. The van der Waals surface area contributed by atoms with E-state index in [2.05, 4.69) is 10.6 Å². The lowest BCUT2D eigenvalue weighted by atomic mass is 9.98. The first-order valence-electron chi connectivity index (χ1n) is 11.4. The third-order valence-electron chi connectivity index (χ3n) is 6.18. The summed E-state index contributed by atoms with van der Waals surface area (Å²) in [5.41, 5.74) is 3.86. The van der Waals surface area contributed by atoms with Crippen molar-refractivity contribution in [1.29, 1.82) is 0 Å². The van der Waals surface area contributed by atoms with Gasteiger partial charge in [0.25, 0.3) is 0 Å². The van der Waals surface area contributed by atoms with Crippen molar-refractivity contribution in [1.82, 2.24) is 5.32 Å². The number of carbonyl (C=O) groups is 2. The molecule has 194 valence electrons. The first kappa shape index (κ1) is 26.0. The highest BCUT2D eigenvalue weighted by molar-refractivity contribution is 5.81. The van der Waals surface area contributed by atoms with E-state index in [0.717, 1.165) is 28.3 Å². The van der Waals surface area contributed by atoms with Crippen molar-refractivity contribution < 1.29 is 40.3 Å². The number of alkyl carbamates (subject to hydrolysis) is 1. The molecule has 0 fully saturated rings. The van der Waals surface area contributed by atoms with Crippen LogP contribution in [0.5, 0.6) is 0 Å². The molecule has 3 aromatic rings. The number of benzene rings is 3. The number of fused-ring (bicyclic) bond motifs is 3. The molecule has 0 spiro atoms. The Bertz CT molecular complexity index is 1240. The van der Waals surface area contributed by atoms with Gasteiger partial charge in [0, 0.05) is 18.5 Å². The molecule has 4 rings (SSSR count). The molecule has 3 aromatic carbocycles. The summed E-state index contributed by atoms with van der Waals surface area (Å²) < 4.78 is 5.40. The number of amides is 1. The summed E-state index contributed by atoms with van der Waals surface area (Å²) >= 11 is 0. The number of quaternary nitrogens is 2. The fraction of sp³-hybridized carbons (Fsp3) is 0.200. The highest BCUT2D eigenvalue weighted by Gasteiger charge is 2.29. The molecule has 12 nitrogen and oxygen atoms in total. The van der Waals surface area contributed by atoms with E-state index >= 15 is 0 Å². The van der Waals surface area contributed by atoms with Gasteiger partial charge in [0.15, 0.2) is 11.4 Å². The summed E-state index contributed by atoms with van der Waals surface area (Å²) in [6, 6.07) is 17.9. The standard InChI is InChI=1S/C25H26N4O8/c30-24(31)22(11-12-26-21-10-9-15(28(33)34)13-23(21)29(35)36)27-25(32)37-14-20-18-7-3-1-5-16(18)17-6-2-4-8-19(17)20/h1-10,13,20,22,26,28-29,33,35H,11-12,14H2,(H,27,32)(H,30,31)/t22-/m1/s1. The van der Waals surface area contributed by atoms with Crippen LogP contribution < -0.4 is 21.1 Å². The van der Waals surface area contributed by atoms with Gasteiger partial charge in [-0.1, -0.05) is 48.5 Å². The van der Waals surface area contributed by atoms with Crippen LogP contribution in [0.15, 0.2) is 66.7 Å². The molecule has 2 unspecified atom stereocenters. The first-order valence-corrected chi connectivity index (χ1v) is 11.4. The van der Waals surface area contributed by atoms with Crippen LogP contribution in [0.25, 0.3) is 11.1 Å². The largest absolute Gasteiger partial charge is 0.595 e. The van der Waals surface area contributed by atoms with Crippen LogP contribution in [0.4, 0.5) is 21.9 Å². The van der Waals surface area contributed by atoms with Gasteiger partial charge in [-0.05, 0) is 34.7 Å². The molecule has 37 heavy (non-hydrogen) atoms. The Morgan fingerprint density at radius 1 is 0.946 bits per heavy atom. The van der Waals surface area contributed by atoms with Crippen LogP contribution in [-0.4, -0.2) is 46.8 Å². The molecule has 0 bridgehead atoms. The van der Waals surface area contributed by atoms with E-state index in [4.69, 9.17) is 9.94 Å². The molecule has 7 N–H and O–H groups in total. The number of rotatable bonds is 10. The van der Waals surface area contributed by atoms with Gasteiger partial charge in [0.2, 0.25) is 0 Å². The van der Waals surface area contributed by atoms with Crippen LogP contribution in [0.1, 0.15) is 23.5 Å². The highest BCUT2D eigenvalue weighted by atomic mass is 16.8. The Morgan fingerprint density at radius 2 is 1.57 bits per heavy atom. The second-order valence-corrected chi connectivity index (χ2v) is 8.45. The topological polar surface area (TPSA) is 183 Å². The van der Waals surface area contributed by atoms with Gasteiger partial charge in [0.05, 0.1) is 11.8 Å². The van der Waals surface area contributed by atoms with Gasteiger partial charge in [-0.25, -0.2) is 20.0 Å². The highest BCUT2D eigenvalue weighted by Crippen LogP contribution is 2.44. The fourth-order valence-corrected chi connectivity index (χ4v) is 4.40. The van der Waals surface area contributed by atoms with Crippen molar-refractivity contribution in [2.75, 3.05) is 18.5 Å². The molecular weight excluding hydrogens is 484 g/mol. The Balaban J connectivity index is 1.35. The lowest BCUT2D eigenvalue weighted by molar-refractivity contribution is -0.996. The second-order valence-electron chi connectivity index (χ2n) is 8.45. The third kappa shape index (κ3) is 5.86. The molecule has 1 aliphatic carbocycles. The lowest BCUT2D eigenvalue weighted by Gasteiger charge is -2.20. The van der Waals surface area contributed by atoms with E-state index in [1.165, 1.54) is 12.1 Å². The number of carboxylic acids is 1. The number of hydrogen-bond acceptors (Lipinski definition) is 8. The maximum absolute atomic E-state index is 12.5. The van der Waals surface area contributed by atoms with Gasteiger partial charge in [0.1, 0.15) is 12.6 Å². The predicted molar refractivity (Wildman–Crippen MR) is 131 cm³/mol. The van der Waals surface area contributed by atoms with Crippen molar-refractivity contribution >= 4 is 29.1 Å². The van der Waals surface area contributed by atoms with Gasteiger partial charge < -0.3 is 30.9 Å². The van der Waals surface area contributed by atoms with Crippen molar-refractivity contribution in [2.24, 2.45) is 0 Å². The summed E-state index contributed by atoms with van der Waals surface area (Å²) in [6.07, 6.45) is -0.967. The summed E-state index contributed by atoms with van der Waals surface area (Å²) in [6.45, 7) is 0.0235. The van der Waals surface area contributed by atoms with E-state index in [-0.39, 0.29) is 42.6 Å². The van der Waals surface area contributed by atoms with E-state index in [0.29, 0.717) is 0 Å². The van der Waals surface area contributed by atoms with Gasteiger partial charge in [-0.3, -0.25) is 0 Å². The number of ether oxygens (including phenoxy) is 1. The number of hydrogen-bond donors (Lipinski definition) is 7. The summed E-state index contributed by atoms with van der Waals surface area (Å²) in [7, 11) is 0. The zero-order valence-corrected chi connectivity index (χ0v) is 19.5. The van der Waals surface area contributed by atoms with Crippen LogP contribution in [-0.2, 0) is 9.53 Å². The minimum Gasteiger partial charge on any atom is -0.595 e. The van der Waals surface area contributed by atoms with Crippen LogP contribution >= 0.6 is 0 Å². The second kappa shape index (κ2) is 11.3. The van der Waals surface area contributed by atoms with E-state index in [9.17, 15) is 30.3 Å². The molecule has 3 atom stereocenters. The Morgan fingerprint density at radius 3 is 2.14 bits per heavy atom. The van der Waals surface area contributed by atoms with E-state index < -0.39 is 28.6 Å². The zero-order chi connectivity index (χ0) is 26.5. The third-order valence-corrected chi connectivity index (χ3v) is 6.18. The number of carboxylic acid groups (broad SMARTS) is 1. The minimum atomic E-state index is -1.34. The van der Waals surface area contributed by atoms with Crippen LogP contribution in [0, 0.1) is 10.4 Å². The molecule has 1 amide bonds. The molecule has 1 aliphatic rings. The van der Waals surface area contributed by atoms with Crippen molar-refractivity contribution in [3.63, 3.8) is 0 Å². The maximum atomic E-state index is 12.5.